The van der Waals surface area contributed by atoms with Crippen LogP contribution in [0, 0.1) is 0 Å². The van der Waals surface area contributed by atoms with Crippen LogP contribution in [0.4, 0.5) is 0 Å². The number of aliphatic hydroxyl groups is 5. The highest BCUT2D eigenvalue weighted by Crippen LogP contribution is 2.26. The molecule has 1 heterocycles. The molecule has 8 atom stereocenters. The quantitative estimate of drug-likeness (QED) is 0.0195. The summed E-state index contributed by atoms with van der Waals surface area (Å²) in [6.07, 6.45) is 61.6. The lowest BCUT2D eigenvalue weighted by Gasteiger charge is -2.41. The van der Waals surface area contributed by atoms with Crippen LogP contribution in [0.3, 0.4) is 0 Å². The maximum Gasteiger partial charge on any atom is 0.306 e. The minimum atomic E-state index is -1.63. The van der Waals surface area contributed by atoms with Crippen molar-refractivity contribution in [1.29, 1.82) is 0 Å². The molecular weight excluding hydrogens is 979 g/mol. The second-order valence-electron chi connectivity index (χ2n) is 21.4. The number of amides is 1. The number of esters is 1. The molecule has 11 nitrogen and oxygen atoms in total. The molecule has 0 aromatic rings. The predicted molar refractivity (Wildman–Crippen MR) is 324 cm³/mol. The normalized spacial score (nSPS) is 19.6. The molecule has 78 heavy (non-hydrogen) atoms. The maximum absolute atomic E-state index is 13.4. The summed E-state index contributed by atoms with van der Waals surface area (Å²) in [6.45, 7) is 5.63. The van der Waals surface area contributed by atoms with Crippen LogP contribution >= 0.6 is 0 Å². The van der Waals surface area contributed by atoms with Gasteiger partial charge in [-0.05, 0) is 103 Å². The van der Waals surface area contributed by atoms with Gasteiger partial charge in [-0.15, -0.1) is 0 Å². The summed E-state index contributed by atoms with van der Waals surface area (Å²) in [5.41, 5.74) is 0. The van der Waals surface area contributed by atoms with Gasteiger partial charge in [0.05, 0.1) is 25.4 Å². The van der Waals surface area contributed by atoms with Crippen molar-refractivity contribution in [2.24, 2.45) is 0 Å². The number of allylic oxidation sites excluding steroid dienone is 15. The fourth-order valence-electron chi connectivity index (χ4n) is 9.24. The first-order valence-electron chi connectivity index (χ1n) is 31.5. The van der Waals surface area contributed by atoms with Crippen LogP contribution < -0.4 is 5.32 Å². The van der Waals surface area contributed by atoms with E-state index >= 15 is 0 Å². The van der Waals surface area contributed by atoms with Gasteiger partial charge in [-0.2, -0.15) is 0 Å². The van der Waals surface area contributed by atoms with E-state index in [1.54, 1.807) is 6.08 Å². The Morgan fingerprint density at radius 3 is 1.40 bits per heavy atom. The fraction of sp³-hybridized carbons (Fsp3) is 0.731. The number of ether oxygens (including phenoxy) is 3. The van der Waals surface area contributed by atoms with Crippen molar-refractivity contribution < 1.29 is 49.3 Å². The molecule has 0 radical (unpaired) electrons. The van der Waals surface area contributed by atoms with Gasteiger partial charge in [0.1, 0.15) is 24.4 Å². The molecule has 1 aliphatic rings. The van der Waals surface area contributed by atoms with Gasteiger partial charge in [0.2, 0.25) is 5.91 Å². The van der Waals surface area contributed by atoms with Crippen LogP contribution in [0.5, 0.6) is 0 Å². The zero-order chi connectivity index (χ0) is 56.8. The number of carbonyl (C=O) groups excluding carboxylic acids is 2. The molecule has 1 aliphatic heterocycles. The summed E-state index contributed by atoms with van der Waals surface area (Å²) in [5, 5.41) is 56.9. The Balaban J connectivity index is 2.64. The van der Waals surface area contributed by atoms with E-state index in [0.717, 1.165) is 116 Å². The number of hydrogen-bond donors (Lipinski definition) is 6. The zero-order valence-corrected chi connectivity index (χ0v) is 49.5. The standard InChI is InChI=1S/C67H115NO10/c1-4-7-10-13-16-19-22-25-26-27-28-29-30-31-32-33-34-35-36-37-40-43-46-49-52-55-62(72)78-65-64(74)63(73)61(56-69)77-67(65)76-57-58(59(70)53-50-47-44-41-38-23-20-17-14-11-8-5-2)68-66(75)60(71)54-51-48-45-42-39-24-21-18-15-12-9-6-3/h7,10,16,19,25-26,28-29,31-32,34-35,39,42,50,53,58-61,63-65,67,69-71,73-74H,4-6,8-9,11-15,17-18,20-24,27,30,33,36-38,40-41,43-49,51-52,54-57H2,1-3H3,(H,68,75)/b10-7-,19-16-,26-25-,29-28-,32-31-,35-34-,42-39-,53-50+. The minimum absolute atomic E-state index is 0.0998. The second-order valence-corrected chi connectivity index (χ2v) is 21.4. The monoisotopic (exact) mass is 1090 g/mol. The van der Waals surface area contributed by atoms with E-state index in [0.29, 0.717) is 12.8 Å². The molecule has 0 aliphatic carbocycles. The number of carbonyl (C=O) groups is 2. The summed E-state index contributed by atoms with van der Waals surface area (Å²) in [4.78, 5) is 26.5. The van der Waals surface area contributed by atoms with Crippen LogP contribution in [0.25, 0.3) is 0 Å². The molecule has 1 rings (SSSR count). The zero-order valence-electron chi connectivity index (χ0n) is 49.5. The van der Waals surface area contributed by atoms with Crippen LogP contribution in [0.1, 0.15) is 252 Å². The number of rotatable bonds is 52. The Hall–Kier alpha value is -3.42. The van der Waals surface area contributed by atoms with E-state index in [9.17, 15) is 35.1 Å². The number of nitrogens with one attached hydrogen (secondary N) is 1. The molecular formula is C67H115NO10. The van der Waals surface area contributed by atoms with Crippen LogP contribution in [-0.2, 0) is 23.8 Å². The van der Waals surface area contributed by atoms with Crippen molar-refractivity contribution in [1.82, 2.24) is 5.32 Å². The molecule has 448 valence electrons. The van der Waals surface area contributed by atoms with Gasteiger partial charge in [-0.25, -0.2) is 0 Å². The van der Waals surface area contributed by atoms with Gasteiger partial charge in [0.25, 0.3) is 0 Å². The average molecular weight is 1090 g/mol. The van der Waals surface area contributed by atoms with Crippen molar-refractivity contribution in [3.05, 3.63) is 97.2 Å². The minimum Gasteiger partial charge on any atom is -0.454 e. The summed E-state index contributed by atoms with van der Waals surface area (Å²) in [7, 11) is 0. The molecule has 0 saturated carbocycles. The molecule has 0 spiro atoms. The predicted octanol–water partition coefficient (Wildman–Crippen LogP) is 15.1. The average Bonchev–Trinajstić information content (AvgIpc) is 3.44. The molecule has 0 aromatic carbocycles. The topological polar surface area (TPSA) is 175 Å². The van der Waals surface area contributed by atoms with E-state index in [1.165, 1.54) is 89.9 Å². The molecule has 11 heteroatoms. The van der Waals surface area contributed by atoms with E-state index in [1.807, 2.05) is 6.08 Å². The highest BCUT2D eigenvalue weighted by atomic mass is 16.7. The third kappa shape index (κ3) is 41.6. The van der Waals surface area contributed by atoms with Crippen LogP contribution in [0.15, 0.2) is 97.2 Å². The van der Waals surface area contributed by atoms with Gasteiger partial charge in [0, 0.05) is 6.42 Å². The van der Waals surface area contributed by atoms with Crippen LogP contribution in [0.2, 0.25) is 0 Å². The molecule has 8 unspecified atom stereocenters. The number of unbranched alkanes of at least 4 members (excludes halogenated alkanes) is 24. The largest absolute Gasteiger partial charge is 0.454 e. The van der Waals surface area contributed by atoms with E-state index < -0.39 is 67.4 Å². The highest BCUT2D eigenvalue weighted by Gasteiger charge is 2.47. The van der Waals surface area contributed by atoms with Crippen molar-refractivity contribution in [3.8, 4) is 0 Å². The molecule has 1 saturated heterocycles. The molecule has 0 bridgehead atoms. The van der Waals surface area contributed by atoms with Crippen molar-refractivity contribution in [2.75, 3.05) is 13.2 Å². The maximum atomic E-state index is 13.4. The lowest BCUT2D eigenvalue weighted by molar-refractivity contribution is -0.305. The van der Waals surface area contributed by atoms with Gasteiger partial charge in [-0.1, -0.05) is 240 Å². The summed E-state index contributed by atoms with van der Waals surface area (Å²) < 4.78 is 17.6. The Kier molecular flexibility index (Phi) is 50.4. The Morgan fingerprint density at radius 2 is 0.923 bits per heavy atom. The van der Waals surface area contributed by atoms with E-state index in [-0.39, 0.29) is 19.4 Å². The lowest BCUT2D eigenvalue weighted by atomic mass is 9.99. The lowest BCUT2D eigenvalue weighted by Crippen LogP contribution is -2.61. The molecule has 0 aromatic heterocycles. The van der Waals surface area contributed by atoms with E-state index in [4.69, 9.17) is 14.2 Å². The number of hydrogen-bond acceptors (Lipinski definition) is 10. The summed E-state index contributed by atoms with van der Waals surface area (Å²) in [5.74, 6) is -1.23. The van der Waals surface area contributed by atoms with Gasteiger partial charge in [-0.3, -0.25) is 9.59 Å². The van der Waals surface area contributed by atoms with Crippen molar-refractivity contribution in [2.45, 2.75) is 301 Å². The first-order chi connectivity index (χ1) is 38.2. The summed E-state index contributed by atoms with van der Waals surface area (Å²) >= 11 is 0. The Labute approximate surface area is 475 Å². The number of aliphatic hydroxyl groups excluding tert-OH is 5. The third-order valence-electron chi connectivity index (χ3n) is 14.2. The van der Waals surface area contributed by atoms with Crippen LogP contribution in [-0.4, -0.2) is 99.6 Å². The van der Waals surface area contributed by atoms with Gasteiger partial charge < -0.3 is 45.1 Å². The molecule has 6 N–H and O–H groups in total. The first-order valence-corrected chi connectivity index (χ1v) is 31.5. The van der Waals surface area contributed by atoms with Crippen molar-refractivity contribution in [3.63, 3.8) is 0 Å². The van der Waals surface area contributed by atoms with E-state index in [2.05, 4.69) is 111 Å². The Morgan fingerprint density at radius 1 is 0.513 bits per heavy atom. The highest BCUT2D eigenvalue weighted by molar-refractivity contribution is 5.80. The molecule has 1 amide bonds. The fourth-order valence-corrected chi connectivity index (χ4v) is 9.24. The van der Waals surface area contributed by atoms with Gasteiger partial charge >= 0.3 is 5.97 Å². The first kappa shape index (κ1) is 72.6. The van der Waals surface area contributed by atoms with Crippen molar-refractivity contribution >= 4 is 11.9 Å². The summed E-state index contributed by atoms with van der Waals surface area (Å²) in [6, 6.07) is -1.04. The van der Waals surface area contributed by atoms with Gasteiger partial charge in [0.15, 0.2) is 12.4 Å². The SMILES string of the molecule is CC/C=C\C/C=C\C/C=C\C/C=C\C/C=C\C/C=C\CCCCCCCCC(=O)OC1C(OCC(NC(=O)C(O)CCCC/C=C\CCCCCCCC)C(O)/C=C/CCCCCCCCCCCC)OC(CO)C(O)C1O. The molecule has 1 fully saturated rings. The second kappa shape index (κ2) is 54.2. The smallest absolute Gasteiger partial charge is 0.306 e. The Bertz CT molecular complexity index is 1630. The third-order valence-corrected chi connectivity index (χ3v) is 14.2.